The molecule has 2 aromatic carbocycles. The van der Waals surface area contributed by atoms with Crippen molar-refractivity contribution >= 4 is 34.5 Å². The number of hydrogen-bond donors (Lipinski definition) is 2. The van der Waals surface area contributed by atoms with Crippen molar-refractivity contribution in [2.24, 2.45) is 4.99 Å². The number of carbonyl (C=O) groups excluding carboxylic acids is 1. The maximum Gasteiger partial charge on any atom is 0.244 e. The first-order chi connectivity index (χ1) is 12.2. The molecule has 0 aliphatic carbocycles. The molecule has 2 N–H and O–H groups in total. The van der Waals surface area contributed by atoms with Crippen LogP contribution >= 0.6 is 0 Å². The first-order valence-corrected chi connectivity index (χ1v) is 7.98. The van der Waals surface area contributed by atoms with Gasteiger partial charge in [0.1, 0.15) is 18.0 Å². The standard InChI is InChI=1S/C19H16N4O2/c24-14-9-7-13(8-10-14)21-18(25)12-23-17-6-2-1-4-15(17)22-19(23)16-5-3-11-20-16/h1-2,4-11,24H,3,12H2,(H,21,25). The van der Waals surface area contributed by atoms with Crippen LogP contribution in [0.4, 0.5) is 5.69 Å². The lowest BCUT2D eigenvalue weighted by atomic mass is 10.3. The summed E-state index contributed by atoms with van der Waals surface area (Å²) in [7, 11) is 0. The molecule has 0 unspecified atom stereocenters. The quantitative estimate of drug-likeness (QED) is 0.720. The molecule has 0 saturated heterocycles. The zero-order valence-electron chi connectivity index (χ0n) is 13.4. The third kappa shape index (κ3) is 3.01. The molecular weight excluding hydrogens is 316 g/mol. The van der Waals surface area contributed by atoms with Crippen molar-refractivity contribution in [2.45, 2.75) is 13.0 Å². The average molecular weight is 332 g/mol. The van der Waals surface area contributed by atoms with E-state index in [1.165, 1.54) is 12.1 Å². The van der Waals surface area contributed by atoms with Gasteiger partial charge in [-0.3, -0.25) is 9.79 Å². The summed E-state index contributed by atoms with van der Waals surface area (Å²) in [4.78, 5) is 21.5. The average Bonchev–Trinajstić information content (AvgIpc) is 3.25. The summed E-state index contributed by atoms with van der Waals surface area (Å²) in [6.07, 6.45) is 4.60. The fourth-order valence-corrected chi connectivity index (χ4v) is 2.84. The SMILES string of the molecule is O=C(Cn1c(C2=CCC=N2)nc2ccccc21)Nc1ccc(O)cc1. The highest BCUT2D eigenvalue weighted by Crippen LogP contribution is 2.25. The van der Waals surface area contributed by atoms with Crippen molar-refractivity contribution in [3.63, 3.8) is 0 Å². The van der Waals surface area contributed by atoms with Crippen LogP contribution in [0.5, 0.6) is 5.75 Å². The third-order valence-electron chi connectivity index (χ3n) is 3.98. The molecule has 0 saturated carbocycles. The lowest BCUT2D eigenvalue weighted by molar-refractivity contribution is -0.116. The lowest BCUT2D eigenvalue weighted by Gasteiger charge is -2.10. The Morgan fingerprint density at radius 3 is 2.72 bits per heavy atom. The van der Waals surface area contributed by atoms with E-state index in [1.807, 2.05) is 41.1 Å². The largest absolute Gasteiger partial charge is 0.508 e. The van der Waals surface area contributed by atoms with Crippen molar-refractivity contribution in [3.8, 4) is 5.75 Å². The zero-order chi connectivity index (χ0) is 17.2. The molecule has 1 aliphatic rings. The van der Waals surface area contributed by atoms with Crippen LogP contribution in [0.25, 0.3) is 16.7 Å². The minimum absolute atomic E-state index is 0.129. The Kier molecular flexibility index (Phi) is 3.78. The van der Waals surface area contributed by atoms with E-state index in [9.17, 15) is 9.90 Å². The number of hydrogen-bond acceptors (Lipinski definition) is 4. The van der Waals surface area contributed by atoms with Gasteiger partial charge >= 0.3 is 0 Å². The first kappa shape index (κ1) is 15.1. The minimum atomic E-state index is -0.169. The van der Waals surface area contributed by atoms with Gasteiger partial charge in [0.25, 0.3) is 0 Å². The number of aliphatic imine (C=N–C) groups is 1. The van der Waals surface area contributed by atoms with Crippen LogP contribution < -0.4 is 5.32 Å². The molecule has 0 fully saturated rings. The van der Waals surface area contributed by atoms with Crippen molar-refractivity contribution < 1.29 is 9.90 Å². The number of imidazole rings is 1. The van der Waals surface area contributed by atoms with Gasteiger partial charge in [0.15, 0.2) is 5.82 Å². The number of para-hydroxylation sites is 2. The number of phenols is 1. The maximum absolute atomic E-state index is 12.5. The number of fused-ring (bicyclic) bond motifs is 1. The molecule has 0 radical (unpaired) electrons. The van der Waals surface area contributed by atoms with Gasteiger partial charge in [0.2, 0.25) is 5.91 Å². The number of rotatable bonds is 4. The number of aromatic hydroxyl groups is 1. The van der Waals surface area contributed by atoms with Crippen molar-refractivity contribution in [1.29, 1.82) is 0 Å². The van der Waals surface area contributed by atoms with Gasteiger partial charge in [-0.25, -0.2) is 4.98 Å². The van der Waals surface area contributed by atoms with E-state index in [0.29, 0.717) is 11.5 Å². The van der Waals surface area contributed by atoms with E-state index in [2.05, 4.69) is 15.3 Å². The Balaban J connectivity index is 1.65. The monoisotopic (exact) mass is 332 g/mol. The van der Waals surface area contributed by atoms with Crippen LogP contribution in [-0.4, -0.2) is 26.8 Å². The summed E-state index contributed by atoms with van der Waals surface area (Å²) >= 11 is 0. The van der Waals surface area contributed by atoms with Crippen LogP contribution in [0.3, 0.4) is 0 Å². The molecule has 124 valence electrons. The molecule has 4 rings (SSSR count). The summed E-state index contributed by atoms with van der Waals surface area (Å²) in [5.41, 5.74) is 3.14. The minimum Gasteiger partial charge on any atom is -0.508 e. The molecule has 3 aromatic rings. The smallest absolute Gasteiger partial charge is 0.244 e. The van der Waals surface area contributed by atoms with E-state index in [0.717, 1.165) is 23.2 Å². The summed E-state index contributed by atoms with van der Waals surface area (Å²) in [5, 5.41) is 12.2. The van der Waals surface area contributed by atoms with Crippen molar-refractivity contribution in [2.75, 3.05) is 5.32 Å². The van der Waals surface area contributed by atoms with Crippen molar-refractivity contribution in [3.05, 3.63) is 60.4 Å². The second-order valence-electron chi connectivity index (χ2n) is 5.74. The van der Waals surface area contributed by atoms with Crippen LogP contribution in [0.1, 0.15) is 12.2 Å². The summed E-state index contributed by atoms with van der Waals surface area (Å²) < 4.78 is 1.87. The fourth-order valence-electron chi connectivity index (χ4n) is 2.84. The predicted octanol–water partition coefficient (Wildman–Crippen LogP) is 3.20. The molecule has 0 spiro atoms. The highest BCUT2D eigenvalue weighted by Gasteiger charge is 2.17. The van der Waals surface area contributed by atoms with Crippen LogP contribution in [0.2, 0.25) is 0 Å². The Bertz CT molecular complexity index is 1000. The summed E-state index contributed by atoms with van der Waals surface area (Å²) in [6, 6.07) is 14.1. The van der Waals surface area contributed by atoms with E-state index in [-0.39, 0.29) is 18.2 Å². The fraction of sp³-hybridized carbons (Fsp3) is 0.105. The number of nitrogens with one attached hydrogen (secondary N) is 1. The van der Waals surface area contributed by atoms with Crippen LogP contribution in [0.15, 0.2) is 59.6 Å². The number of allylic oxidation sites excluding steroid dienone is 1. The highest BCUT2D eigenvalue weighted by molar-refractivity contribution is 5.93. The molecule has 6 nitrogen and oxygen atoms in total. The van der Waals surface area contributed by atoms with Crippen molar-refractivity contribution in [1.82, 2.24) is 9.55 Å². The first-order valence-electron chi connectivity index (χ1n) is 7.98. The molecule has 0 atom stereocenters. The van der Waals surface area contributed by atoms with Gasteiger partial charge in [0, 0.05) is 18.3 Å². The number of benzene rings is 2. The van der Waals surface area contributed by atoms with Gasteiger partial charge in [-0.05, 0) is 42.5 Å². The Labute approximate surface area is 144 Å². The predicted molar refractivity (Wildman–Crippen MR) is 97.6 cm³/mol. The molecule has 1 amide bonds. The number of anilines is 1. The van der Waals surface area contributed by atoms with Crippen LogP contribution in [-0.2, 0) is 11.3 Å². The summed E-state index contributed by atoms with van der Waals surface area (Å²) in [6.45, 7) is 0.129. The number of phenolic OH excluding ortho intramolecular Hbond substituents is 1. The van der Waals surface area contributed by atoms with Gasteiger partial charge in [0.05, 0.1) is 11.0 Å². The van der Waals surface area contributed by atoms with Gasteiger partial charge in [-0.1, -0.05) is 12.1 Å². The van der Waals surface area contributed by atoms with E-state index in [4.69, 9.17) is 0 Å². The number of nitrogens with zero attached hydrogens (tertiary/aromatic N) is 3. The third-order valence-corrected chi connectivity index (χ3v) is 3.98. The second kappa shape index (κ2) is 6.24. The molecular formula is C19H16N4O2. The highest BCUT2D eigenvalue weighted by atomic mass is 16.3. The topological polar surface area (TPSA) is 79.5 Å². The molecule has 1 aliphatic heterocycles. The Morgan fingerprint density at radius 2 is 1.96 bits per heavy atom. The van der Waals surface area contributed by atoms with E-state index in [1.54, 1.807) is 12.1 Å². The Morgan fingerprint density at radius 1 is 1.16 bits per heavy atom. The van der Waals surface area contributed by atoms with E-state index >= 15 is 0 Å². The molecule has 25 heavy (non-hydrogen) atoms. The number of amides is 1. The number of aromatic nitrogens is 2. The van der Waals surface area contributed by atoms with Gasteiger partial charge in [-0.15, -0.1) is 0 Å². The maximum atomic E-state index is 12.5. The lowest BCUT2D eigenvalue weighted by Crippen LogP contribution is -2.19. The molecule has 1 aromatic heterocycles. The van der Waals surface area contributed by atoms with Crippen LogP contribution in [0, 0.1) is 0 Å². The van der Waals surface area contributed by atoms with Gasteiger partial charge in [-0.2, -0.15) is 0 Å². The van der Waals surface area contributed by atoms with E-state index < -0.39 is 0 Å². The molecule has 6 heteroatoms. The Hall–Kier alpha value is -3.41. The zero-order valence-corrected chi connectivity index (χ0v) is 13.4. The second-order valence-corrected chi connectivity index (χ2v) is 5.74. The number of carbonyl (C=O) groups is 1. The molecule has 2 heterocycles. The molecule has 0 bridgehead atoms. The normalized spacial score (nSPS) is 13.2. The summed E-state index contributed by atoms with van der Waals surface area (Å²) in [5.74, 6) is 0.681. The van der Waals surface area contributed by atoms with Gasteiger partial charge < -0.3 is 15.0 Å².